The van der Waals surface area contributed by atoms with Gasteiger partial charge in [-0.3, -0.25) is 0 Å². The average Bonchev–Trinajstić information content (AvgIpc) is 2.52. The Balaban J connectivity index is 2.03. The second-order valence-corrected chi connectivity index (χ2v) is 7.67. The number of sulfone groups is 1. The highest BCUT2D eigenvalue weighted by atomic mass is 32.2. The molecule has 0 aromatic heterocycles. The van der Waals surface area contributed by atoms with E-state index in [0.717, 1.165) is 0 Å². The van der Waals surface area contributed by atoms with Crippen LogP contribution in [-0.4, -0.2) is 19.9 Å². The van der Waals surface area contributed by atoms with Crippen LogP contribution in [0.3, 0.4) is 0 Å². The Hall–Kier alpha value is -2.03. The fraction of sp³-hybridized carbons (Fsp3) is 0.250. The van der Waals surface area contributed by atoms with E-state index in [1.54, 1.807) is 0 Å². The fourth-order valence-corrected chi connectivity index (χ4v) is 3.41. The molecule has 0 atom stereocenters. The Morgan fingerprint density at radius 3 is 1.24 bits per heavy atom. The van der Waals surface area contributed by atoms with Gasteiger partial charge < -0.3 is 0 Å². The second-order valence-electron chi connectivity index (χ2n) is 5.37. The van der Waals surface area contributed by atoms with Gasteiger partial charge in [-0.15, -0.1) is 0 Å². The minimum atomic E-state index is -3.82. The van der Waals surface area contributed by atoms with E-state index in [1.165, 1.54) is 0 Å². The summed E-state index contributed by atoms with van der Waals surface area (Å²) in [4.78, 5) is 0. The van der Waals surface area contributed by atoms with E-state index >= 15 is 0 Å². The van der Waals surface area contributed by atoms with Crippen LogP contribution in [-0.2, 0) is 22.7 Å². The summed E-state index contributed by atoms with van der Waals surface area (Å²) in [5.74, 6) is -8.76. The quantitative estimate of drug-likeness (QED) is 0.564. The highest BCUT2D eigenvalue weighted by molar-refractivity contribution is 7.91. The molecule has 0 heterocycles. The second kappa shape index (κ2) is 7.47. The molecule has 0 saturated carbocycles. The van der Waals surface area contributed by atoms with Crippen LogP contribution >= 0.6 is 0 Å². The number of hydrogen-bond donors (Lipinski definition) is 0. The van der Waals surface area contributed by atoms with Crippen LogP contribution in [0.4, 0.5) is 26.3 Å². The largest absolute Gasteiger partial charge is 0.229 e. The van der Waals surface area contributed by atoms with Crippen molar-refractivity contribution in [2.24, 2.45) is 0 Å². The van der Waals surface area contributed by atoms with Crippen molar-refractivity contribution in [2.75, 3.05) is 11.5 Å². The molecule has 136 valence electrons. The van der Waals surface area contributed by atoms with Gasteiger partial charge in [0.2, 0.25) is 0 Å². The molecule has 0 unspecified atom stereocenters. The first-order chi connectivity index (χ1) is 11.6. The van der Waals surface area contributed by atoms with Gasteiger partial charge in [-0.25, -0.2) is 34.8 Å². The zero-order valence-corrected chi connectivity index (χ0v) is 13.4. The van der Waals surface area contributed by atoms with Crippen molar-refractivity contribution in [3.05, 3.63) is 70.3 Å². The Morgan fingerprint density at radius 2 is 0.880 bits per heavy atom. The Bertz CT molecular complexity index is 828. The topological polar surface area (TPSA) is 34.1 Å². The molecular weight excluding hydrogens is 370 g/mol. The molecule has 0 aliphatic carbocycles. The van der Waals surface area contributed by atoms with Crippen LogP contribution in [0.2, 0.25) is 0 Å². The van der Waals surface area contributed by atoms with Gasteiger partial charge in [-0.05, 0) is 36.1 Å². The number of hydrogen-bond acceptors (Lipinski definition) is 2. The monoisotopic (exact) mass is 382 g/mol. The van der Waals surface area contributed by atoms with Crippen molar-refractivity contribution in [1.29, 1.82) is 0 Å². The molecule has 0 aliphatic heterocycles. The Labute approximate surface area is 140 Å². The van der Waals surface area contributed by atoms with Crippen molar-refractivity contribution in [1.82, 2.24) is 0 Å². The summed E-state index contributed by atoms with van der Waals surface area (Å²) in [5.41, 5.74) is -0.636. The molecule has 0 amide bonds. The highest BCUT2D eigenvalue weighted by Crippen LogP contribution is 2.17. The summed E-state index contributed by atoms with van der Waals surface area (Å²) in [6.45, 7) is 0. The van der Waals surface area contributed by atoms with E-state index in [1.807, 2.05) is 0 Å². The molecule has 0 fully saturated rings. The normalized spacial score (nSPS) is 11.8. The van der Waals surface area contributed by atoms with Gasteiger partial charge in [0.25, 0.3) is 0 Å². The number of benzene rings is 2. The highest BCUT2D eigenvalue weighted by Gasteiger charge is 2.17. The maximum Gasteiger partial charge on any atom is 0.161 e. The molecule has 0 saturated heterocycles. The molecule has 0 aliphatic rings. The lowest BCUT2D eigenvalue weighted by molar-refractivity contribution is 0.490. The third-order valence-electron chi connectivity index (χ3n) is 3.54. The molecule has 2 aromatic carbocycles. The van der Waals surface area contributed by atoms with Crippen molar-refractivity contribution in [3.63, 3.8) is 0 Å². The fourth-order valence-electron chi connectivity index (χ4n) is 2.14. The molecule has 2 aromatic rings. The zero-order chi connectivity index (χ0) is 18.8. The Kier molecular flexibility index (Phi) is 5.76. The third-order valence-corrected chi connectivity index (χ3v) is 5.20. The lowest BCUT2D eigenvalue weighted by Gasteiger charge is -2.07. The van der Waals surface area contributed by atoms with Crippen LogP contribution < -0.4 is 0 Å². The van der Waals surface area contributed by atoms with Crippen LogP contribution in [0.1, 0.15) is 11.1 Å². The van der Waals surface area contributed by atoms with Crippen molar-refractivity contribution in [3.8, 4) is 0 Å². The maximum atomic E-state index is 13.5. The molecule has 0 spiro atoms. The van der Waals surface area contributed by atoms with Gasteiger partial charge in [-0.2, -0.15) is 0 Å². The van der Waals surface area contributed by atoms with Crippen LogP contribution in [0.25, 0.3) is 0 Å². The third kappa shape index (κ3) is 4.97. The number of halogens is 6. The van der Waals surface area contributed by atoms with E-state index in [4.69, 9.17) is 0 Å². The van der Waals surface area contributed by atoms with Gasteiger partial charge >= 0.3 is 0 Å². The summed E-state index contributed by atoms with van der Waals surface area (Å²) in [6, 6.07) is 1.76. The zero-order valence-electron chi connectivity index (χ0n) is 12.6. The molecular formula is C16H12F6O2S. The van der Waals surface area contributed by atoms with Crippen molar-refractivity contribution < 1.29 is 34.8 Å². The van der Waals surface area contributed by atoms with Gasteiger partial charge in [0, 0.05) is 12.1 Å². The molecule has 0 N–H and O–H groups in total. The lowest BCUT2D eigenvalue weighted by Crippen LogP contribution is -2.16. The smallest absolute Gasteiger partial charge is 0.161 e. The SMILES string of the molecule is O=S(=O)(CCc1cc(F)c(F)cc1F)CCc1cc(F)c(F)cc1F. The predicted octanol–water partition coefficient (Wildman–Crippen LogP) is 3.72. The predicted molar refractivity (Wildman–Crippen MR) is 78.7 cm³/mol. The van der Waals surface area contributed by atoms with Crippen molar-refractivity contribution >= 4 is 9.84 Å². The summed E-state index contributed by atoms with van der Waals surface area (Å²) in [6.07, 6.45) is -0.822. The van der Waals surface area contributed by atoms with Gasteiger partial charge in [-0.1, -0.05) is 0 Å². The first-order valence-corrected chi connectivity index (χ1v) is 8.88. The van der Waals surface area contributed by atoms with Crippen LogP contribution in [0.5, 0.6) is 0 Å². The lowest BCUT2D eigenvalue weighted by atomic mass is 10.1. The van der Waals surface area contributed by atoms with Gasteiger partial charge in [0.1, 0.15) is 11.6 Å². The van der Waals surface area contributed by atoms with Crippen LogP contribution in [0.15, 0.2) is 24.3 Å². The number of aryl methyl sites for hydroxylation is 2. The summed E-state index contributed by atoms with van der Waals surface area (Å²) in [5, 5.41) is 0. The van der Waals surface area contributed by atoms with E-state index in [9.17, 15) is 34.8 Å². The molecule has 2 nitrogen and oxygen atoms in total. The minimum Gasteiger partial charge on any atom is -0.229 e. The summed E-state index contributed by atoms with van der Waals surface area (Å²) >= 11 is 0. The molecule has 0 bridgehead atoms. The summed E-state index contributed by atoms with van der Waals surface area (Å²) < 4.78 is 103. The first-order valence-electron chi connectivity index (χ1n) is 7.06. The van der Waals surface area contributed by atoms with Gasteiger partial charge in [0.05, 0.1) is 11.5 Å². The standard InChI is InChI=1S/C16H12F6O2S/c17-11-7-15(21)13(19)5-9(11)1-3-25(23,24)4-2-10-6-14(20)16(22)8-12(10)18/h5-8H,1-4H2. The van der Waals surface area contributed by atoms with E-state index < -0.39 is 69.1 Å². The molecule has 2 rings (SSSR count). The molecule has 25 heavy (non-hydrogen) atoms. The Morgan fingerprint density at radius 1 is 0.560 bits per heavy atom. The van der Waals surface area contributed by atoms with Crippen LogP contribution in [0, 0.1) is 34.9 Å². The molecule has 0 radical (unpaired) electrons. The van der Waals surface area contributed by atoms with E-state index in [2.05, 4.69) is 0 Å². The molecule has 9 heteroatoms. The minimum absolute atomic E-state index is 0.313. The van der Waals surface area contributed by atoms with Gasteiger partial charge in [0.15, 0.2) is 33.1 Å². The maximum absolute atomic E-state index is 13.5. The van der Waals surface area contributed by atoms with E-state index in [0.29, 0.717) is 24.3 Å². The summed E-state index contributed by atoms with van der Waals surface area (Å²) in [7, 11) is -3.82. The van der Waals surface area contributed by atoms with Crippen molar-refractivity contribution in [2.45, 2.75) is 12.8 Å². The average molecular weight is 382 g/mol. The number of rotatable bonds is 6. The van der Waals surface area contributed by atoms with E-state index in [-0.39, 0.29) is 11.1 Å². The first kappa shape index (κ1) is 19.3.